The van der Waals surface area contributed by atoms with Crippen molar-refractivity contribution in [3.05, 3.63) is 59.2 Å². The van der Waals surface area contributed by atoms with Gasteiger partial charge in [0.15, 0.2) is 0 Å². The molecule has 1 aromatic rings. The van der Waals surface area contributed by atoms with E-state index in [9.17, 15) is 0 Å². The summed E-state index contributed by atoms with van der Waals surface area (Å²) in [5.41, 5.74) is 9.49. The van der Waals surface area contributed by atoms with Crippen molar-refractivity contribution < 1.29 is 0 Å². The molecule has 0 atom stereocenters. The third kappa shape index (κ3) is 4.15. The average molecular weight is 241 g/mol. The molecule has 2 N–H and O–H groups in total. The lowest BCUT2D eigenvalue weighted by molar-refractivity contribution is 0.950. The number of hydrogen-bond donors (Lipinski definition) is 1. The zero-order valence-corrected chi connectivity index (χ0v) is 11.2. The Balaban J connectivity index is 0.000000134. The van der Waals surface area contributed by atoms with Crippen molar-refractivity contribution >= 4 is 0 Å². The Hall–Kier alpha value is -1.34. The molecular formula is C17H23N. The van der Waals surface area contributed by atoms with Gasteiger partial charge in [0.05, 0.1) is 0 Å². The molecule has 0 aliphatic heterocycles. The van der Waals surface area contributed by atoms with Crippen LogP contribution in [0.2, 0.25) is 0 Å². The monoisotopic (exact) mass is 241 g/mol. The van der Waals surface area contributed by atoms with Gasteiger partial charge in [-0.25, -0.2) is 0 Å². The van der Waals surface area contributed by atoms with Crippen LogP contribution in [0.25, 0.3) is 0 Å². The fourth-order valence-electron chi connectivity index (χ4n) is 2.08. The van der Waals surface area contributed by atoms with Gasteiger partial charge in [-0.15, -0.1) is 0 Å². The van der Waals surface area contributed by atoms with Crippen molar-refractivity contribution in [1.82, 2.24) is 0 Å². The second kappa shape index (κ2) is 6.55. The van der Waals surface area contributed by atoms with Crippen LogP contribution in [-0.2, 0) is 6.54 Å². The fraction of sp³-hybridized carbons (Fsp3) is 0.412. The molecule has 1 aromatic carbocycles. The summed E-state index contributed by atoms with van der Waals surface area (Å²) >= 11 is 0. The number of rotatable bonds is 2. The predicted molar refractivity (Wildman–Crippen MR) is 78.3 cm³/mol. The van der Waals surface area contributed by atoms with E-state index >= 15 is 0 Å². The van der Waals surface area contributed by atoms with Crippen LogP contribution in [0.4, 0.5) is 0 Å². The van der Waals surface area contributed by atoms with E-state index in [1.54, 1.807) is 5.57 Å². The molecule has 2 aliphatic carbocycles. The summed E-state index contributed by atoms with van der Waals surface area (Å²) in [5, 5.41) is 0. The van der Waals surface area contributed by atoms with Crippen LogP contribution in [0.15, 0.2) is 48.1 Å². The highest BCUT2D eigenvalue weighted by Crippen LogP contribution is 2.38. The Labute approximate surface area is 110 Å². The maximum atomic E-state index is 5.40. The van der Waals surface area contributed by atoms with Crippen LogP contribution in [0.5, 0.6) is 0 Å². The molecule has 1 fully saturated rings. The number of nitrogens with two attached hydrogens (primary N) is 1. The molecule has 1 saturated carbocycles. The molecule has 0 amide bonds. The second-order valence-electron chi connectivity index (χ2n) is 5.15. The van der Waals surface area contributed by atoms with Gasteiger partial charge in [0.2, 0.25) is 0 Å². The van der Waals surface area contributed by atoms with Gasteiger partial charge in [0, 0.05) is 6.54 Å². The molecule has 0 bridgehead atoms. The number of hydrogen-bond acceptors (Lipinski definition) is 1. The quantitative estimate of drug-likeness (QED) is 0.828. The van der Waals surface area contributed by atoms with Crippen LogP contribution < -0.4 is 5.73 Å². The van der Waals surface area contributed by atoms with Crippen molar-refractivity contribution in [1.29, 1.82) is 0 Å². The SMILES string of the molecule is C1=CC(C2CC2)=CCC1.Cc1ccc(CN)cc1. The van der Waals surface area contributed by atoms with E-state index in [0.29, 0.717) is 6.54 Å². The minimum atomic E-state index is 0.639. The lowest BCUT2D eigenvalue weighted by Crippen LogP contribution is -1.94. The minimum absolute atomic E-state index is 0.639. The zero-order valence-electron chi connectivity index (χ0n) is 11.2. The third-order valence-electron chi connectivity index (χ3n) is 3.43. The lowest BCUT2D eigenvalue weighted by atomic mass is 10.0. The first-order chi connectivity index (χ1) is 8.79. The maximum absolute atomic E-state index is 5.40. The van der Waals surface area contributed by atoms with Gasteiger partial charge >= 0.3 is 0 Å². The molecule has 96 valence electrons. The number of allylic oxidation sites excluding steroid dienone is 4. The Morgan fingerprint density at radius 1 is 1.11 bits per heavy atom. The molecule has 2 aliphatic rings. The Morgan fingerprint density at radius 3 is 2.33 bits per heavy atom. The first-order valence-corrected chi connectivity index (χ1v) is 6.92. The normalized spacial score (nSPS) is 17.8. The Kier molecular flexibility index (Phi) is 4.77. The molecule has 0 unspecified atom stereocenters. The van der Waals surface area contributed by atoms with Crippen LogP contribution in [0.1, 0.15) is 36.8 Å². The first kappa shape index (κ1) is 13.1. The molecule has 18 heavy (non-hydrogen) atoms. The van der Waals surface area contributed by atoms with Crippen molar-refractivity contribution in [3.63, 3.8) is 0 Å². The van der Waals surface area contributed by atoms with E-state index in [1.165, 1.54) is 36.8 Å². The van der Waals surface area contributed by atoms with Gasteiger partial charge in [0.1, 0.15) is 0 Å². The lowest BCUT2D eigenvalue weighted by Gasteiger charge is -2.02. The number of aryl methyl sites for hydroxylation is 1. The van der Waals surface area contributed by atoms with Crippen LogP contribution in [-0.4, -0.2) is 0 Å². The van der Waals surface area contributed by atoms with Crippen LogP contribution >= 0.6 is 0 Å². The number of benzene rings is 1. The maximum Gasteiger partial charge on any atom is 0.0178 e. The van der Waals surface area contributed by atoms with E-state index in [4.69, 9.17) is 5.73 Å². The largest absolute Gasteiger partial charge is 0.326 e. The fourth-order valence-corrected chi connectivity index (χ4v) is 2.08. The smallest absolute Gasteiger partial charge is 0.0178 e. The van der Waals surface area contributed by atoms with E-state index in [1.807, 2.05) is 0 Å². The zero-order chi connectivity index (χ0) is 12.8. The molecule has 0 spiro atoms. The average Bonchev–Trinajstić information content (AvgIpc) is 3.26. The first-order valence-electron chi connectivity index (χ1n) is 6.92. The summed E-state index contributed by atoms with van der Waals surface area (Å²) < 4.78 is 0. The topological polar surface area (TPSA) is 26.0 Å². The summed E-state index contributed by atoms with van der Waals surface area (Å²) in [7, 11) is 0. The molecule has 0 saturated heterocycles. The predicted octanol–water partition coefficient (Wildman–Crippen LogP) is 4.13. The van der Waals surface area contributed by atoms with Gasteiger partial charge in [0.25, 0.3) is 0 Å². The Bertz CT molecular complexity index is 421. The van der Waals surface area contributed by atoms with Gasteiger partial charge in [-0.2, -0.15) is 0 Å². The summed E-state index contributed by atoms with van der Waals surface area (Å²) in [6.07, 6.45) is 12.4. The summed E-state index contributed by atoms with van der Waals surface area (Å²) in [6, 6.07) is 8.25. The van der Waals surface area contributed by atoms with Gasteiger partial charge in [-0.3, -0.25) is 0 Å². The van der Waals surface area contributed by atoms with Gasteiger partial charge < -0.3 is 5.73 Å². The summed E-state index contributed by atoms with van der Waals surface area (Å²) in [6.45, 7) is 2.71. The highest BCUT2D eigenvalue weighted by molar-refractivity contribution is 5.27. The highest BCUT2D eigenvalue weighted by Gasteiger charge is 2.24. The van der Waals surface area contributed by atoms with Crippen molar-refractivity contribution in [2.75, 3.05) is 0 Å². The van der Waals surface area contributed by atoms with Gasteiger partial charge in [-0.05, 0) is 49.7 Å². The van der Waals surface area contributed by atoms with E-state index in [2.05, 4.69) is 49.4 Å². The van der Waals surface area contributed by atoms with E-state index in [-0.39, 0.29) is 0 Å². The van der Waals surface area contributed by atoms with Crippen LogP contribution in [0.3, 0.4) is 0 Å². The van der Waals surface area contributed by atoms with E-state index in [0.717, 1.165) is 5.92 Å². The molecule has 0 aromatic heterocycles. The standard InChI is InChI=1S/C9H12.C8H11N/c1-2-4-8(5-3-1)9-6-7-9;1-7-2-4-8(6-9)5-3-7/h2,4-5,9H,1,3,6-7H2;2-5H,6,9H2,1H3. The molecule has 0 radical (unpaired) electrons. The molecule has 1 heteroatoms. The summed E-state index contributed by atoms with van der Waals surface area (Å²) in [4.78, 5) is 0. The highest BCUT2D eigenvalue weighted by atomic mass is 14.5. The van der Waals surface area contributed by atoms with Crippen molar-refractivity contribution in [2.45, 2.75) is 39.2 Å². The second-order valence-corrected chi connectivity index (χ2v) is 5.15. The third-order valence-corrected chi connectivity index (χ3v) is 3.43. The van der Waals surface area contributed by atoms with Crippen LogP contribution in [0, 0.1) is 12.8 Å². The van der Waals surface area contributed by atoms with E-state index < -0.39 is 0 Å². The van der Waals surface area contributed by atoms with Gasteiger partial charge in [-0.1, -0.05) is 48.1 Å². The Morgan fingerprint density at radius 2 is 1.83 bits per heavy atom. The summed E-state index contributed by atoms with van der Waals surface area (Å²) in [5.74, 6) is 0.960. The molecule has 0 heterocycles. The molecular weight excluding hydrogens is 218 g/mol. The minimum Gasteiger partial charge on any atom is -0.326 e. The van der Waals surface area contributed by atoms with Crippen molar-refractivity contribution in [3.8, 4) is 0 Å². The molecule has 1 nitrogen and oxygen atoms in total. The van der Waals surface area contributed by atoms with Crippen molar-refractivity contribution in [2.24, 2.45) is 11.7 Å². The molecule has 3 rings (SSSR count).